The van der Waals surface area contributed by atoms with Crippen LogP contribution in [0.5, 0.6) is 5.75 Å². The van der Waals surface area contributed by atoms with Crippen molar-refractivity contribution in [1.29, 1.82) is 0 Å². The van der Waals surface area contributed by atoms with Crippen LogP contribution in [-0.4, -0.2) is 46.9 Å². The minimum Gasteiger partial charge on any atom is -0.497 e. The lowest BCUT2D eigenvalue weighted by atomic mass is 9.93. The summed E-state index contributed by atoms with van der Waals surface area (Å²) < 4.78 is 5.20. The Morgan fingerprint density at radius 1 is 1.32 bits per heavy atom. The molecule has 2 aromatic rings. The number of benzene rings is 1. The van der Waals surface area contributed by atoms with E-state index in [1.807, 2.05) is 29.2 Å². The Hall–Kier alpha value is -2.96. The Labute approximate surface area is 165 Å². The molecule has 2 amide bonds. The van der Waals surface area contributed by atoms with E-state index in [0.717, 1.165) is 37.1 Å². The molecule has 0 unspecified atom stereocenters. The van der Waals surface area contributed by atoms with Crippen molar-refractivity contribution < 1.29 is 14.3 Å². The topological polar surface area (TPSA) is 84.4 Å². The largest absolute Gasteiger partial charge is 0.497 e. The molecule has 28 heavy (non-hydrogen) atoms. The number of amides is 2. The third-order valence-corrected chi connectivity index (χ3v) is 4.99. The van der Waals surface area contributed by atoms with Gasteiger partial charge in [-0.05, 0) is 42.9 Å². The third kappa shape index (κ3) is 5.52. The van der Waals surface area contributed by atoms with Gasteiger partial charge in [-0.15, -0.1) is 0 Å². The van der Waals surface area contributed by atoms with Gasteiger partial charge < -0.3 is 15.0 Å². The van der Waals surface area contributed by atoms with Crippen molar-refractivity contribution in [2.45, 2.75) is 32.2 Å². The van der Waals surface area contributed by atoms with Gasteiger partial charge in [-0.25, -0.2) is 4.98 Å². The second-order valence-corrected chi connectivity index (χ2v) is 7.02. The lowest BCUT2D eigenvalue weighted by Gasteiger charge is -2.32. The van der Waals surface area contributed by atoms with E-state index in [1.165, 1.54) is 12.4 Å². The molecule has 1 atom stereocenters. The van der Waals surface area contributed by atoms with E-state index in [1.54, 1.807) is 13.3 Å². The first-order valence-corrected chi connectivity index (χ1v) is 9.60. The highest BCUT2D eigenvalue weighted by Crippen LogP contribution is 2.22. The van der Waals surface area contributed by atoms with E-state index >= 15 is 0 Å². The number of piperidine rings is 1. The molecule has 1 fully saturated rings. The first-order chi connectivity index (χ1) is 13.7. The van der Waals surface area contributed by atoms with Crippen LogP contribution in [0.4, 0.5) is 0 Å². The molecule has 0 radical (unpaired) electrons. The summed E-state index contributed by atoms with van der Waals surface area (Å²) in [6.45, 7) is 1.88. The van der Waals surface area contributed by atoms with Gasteiger partial charge in [0.1, 0.15) is 11.4 Å². The molecular weight excluding hydrogens is 356 g/mol. The van der Waals surface area contributed by atoms with E-state index in [4.69, 9.17) is 4.74 Å². The van der Waals surface area contributed by atoms with Crippen molar-refractivity contribution in [2.75, 3.05) is 20.2 Å². The summed E-state index contributed by atoms with van der Waals surface area (Å²) in [5, 5.41) is 2.96. The number of rotatable bonds is 7. The van der Waals surface area contributed by atoms with E-state index in [2.05, 4.69) is 15.3 Å². The van der Waals surface area contributed by atoms with Crippen LogP contribution in [0, 0.1) is 5.92 Å². The Morgan fingerprint density at radius 3 is 3.00 bits per heavy atom. The second kappa shape index (κ2) is 9.82. The summed E-state index contributed by atoms with van der Waals surface area (Å²) >= 11 is 0. The van der Waals surface area contributed by atoms with Gasteiger partial charge in [0.25, 0.3) is 5.91 Å². The van der Waals surface area contributed by atoms with Crippen LogP contribution in [0.3, 0.4) is 0 Å². The molecule has 3 rings (SSSR count). The number of methoxy groups -OCH3 is 1. The highest BCUT2D eigenvalue weighted by molar-refractivity contribution is 5.92. The molecule has 7 heteroatoms. The summed E-state index contributed by atoms with van der Waals surface area (Å²) in [6, 6.07) is 7.66. The molecule has 148 valence electrons. The summed E-state index contributed by atoms with van der Waals surface area (Å²) in [7, 11) is 1.63. The standard InChI is InChI=1S/C21H26N4O3/c1-28-18-6-2-4-17(12-18)13-24-20(26)8-7-16-5-3-11-25(15-16)21(27)19-14-22-9-10-23-19/h2,4,6,9-10,12,14,16H,3,5,7-8,11,13,15H2,1H3,(H,24,26)/t16-/m0/s1. The SMILES string of the molecule is COc1cccc(CNC(=O)CC[C@@H]2CCCN(C(=O)c3cnccn3)C2)c1. The highest BCUT2D eigenvalue weighted by atomic mass is 16.5. The zero-order valence-electron chi connectivity index (χ0n) is 16.1. The second-order valence-electron chi connectivity index (χ2n) is 7.02. The number of carbonyl (C=O) groups is 2. The normalized spacial score (nSPS) is 16.5. The number of carbonyl (C=O) groups excluding carboxylic acids is 2. The van der Waals surface area contributed by atoms with Crippen LogP contribution in [0.1, 0.15) is 41.7 Å². The lowest BCUT2D eigenvalue weighted by molar-refractivity contribution is -0.121. The van der Waals surface area contributed by atoms with Crippen molar-refractivity contribution in [3.63, 3.8) is 0 Å². The quantitative estimate of drug-likeness (QED) is 0.795. The first kappa shape index (κ1) is 19.8. The van der Waals surface area contributed by atoms with Crippen molar-refractivity contribution in [2.24, 2.45) is 5.92 Å². The van der Waals surface area contributed by atoms with Crippen molar-refractivity contribution >= 4 is 11.8 Å². The third-order valence-electron chi connectivity index (χ3n) is 4.99. The molecule has 0 aliphatic carbocycles. The van der Waals surface area contributed by atoms with E-state index < -0.39 is 0 Å². The molecule has 0 bridgehead atoms. The summed E-state index contributed by atoms with van der Waals surface area (Å²) in [5.41, 5.74) is 1.38. The van der Waals surface area contributed by atoms with Gasteiger partial charge in [-0.1, -0.05) is 12.1 Å². The molecule has 1 aromatic carbocycles. The Kier molecular flexibility index (Phi) is 6.94. The molecule has 1 aromatic heterocycles. The van der Waals surface area contributed by atoms with Gasteiger partial charge in [0.05, 0.1) is 13.3 Å². The van der Waals surface area contributed by atoms with Crippen LogP contribution < -0.4 is 10.1 Å². The molecule has 1 aliphatic heterocycles. The van der Waals surface area contributed by atoms with E-state index in [-0.39, 0.29) is 11.8 Å². The van der Waals surface area contributed by atoms with Gasteiger partial charge in [0, 0.05) is 38.4 Å². The Bertz CT molecular complexity index is 797. The first-order valence-electron chi connectivity index (χ1n) is 9.60. The predicted octanol–water partition coefficient (Wildman–Crippen LogP) is 2.43. The monoisotopic (exact) mass is 382 g/mol. The predicted molar refractivity (Wildman–Crippen MR) is 105 cm³/mol. The van der Waals surface area contributed by atoms with Gasteiger partial charge in [0.15, 0.2) is 0 Å². The molecule has 1 aliphatic rings. The van der Waals surface area contributed by atoms with Gasteiger partial charge in [-0.3, -0.25) is 14.6 Å². The maximum atomic E-state index is 12.5. The maximum Gasteiger partial charge on any atom is 0.274 e. The average Bonchev–Trinajstić information content (AvgIpc) is 2.76. The number of hydrogen-bond acceptors (Lipinski definition) is 5. The number of hydrogen-bond donors (Lipinski definition) is 1. The molecular formula is C21H26N4O3. The number of nitrogens with zero attached hydrogens (tertiary/aromatic N) is 3. The zero-order valence-corrected chi connectivity index (χ0v) is 16.1. The molecule has 0 spiro atoms. The smallest absolute Gasteiger partial charge is 0.274 e. The van der Waals surface area contributed by atoms with Gasteiger partial charge >= 0.3 is 0 Å². The number of ether oxygens (including phenoxy) is 1. The number of aromatic nitrogens is 2. The molecule has 2 heterocycles. The highest BCUT2D eigenvalue weighted by Gasteiger charge is 2.25. The molecule has 0 saturated carbocycles. The number of likely N-dealkylation sites (tertiary alicyclic amines) is 1. The zero-order chi connectivity index (χ0) is 19.8. The van der Waals surface area contributed by atoms with Crippen LogP contribution >= 0.6 is 0 Å². The Morgan fingerprint density at radius 2 is 2.21 bits per heavy atom. The Balaban J connectivity index is 1.43. The van der Waals surface area contributed by atoms with Crippen molar-refractivity contribution in [3.8, 4) is 5.75 Å². The lowest BCUT2D eigenvalue weighted by Crippen LogP contribution is -2.40. The van der Waals surface area contributed by atoms with Gasteiger partial charge in [0.2, 0.25) is 5.91 Å². The number of nitrogens with one attached hydrogen (secondary N) is 1. The summed E-state index contributed by atoms with van der Waals surface area (Å²) in [4.78, 5) is 34.6. The maximum absolute atomic E-state index is 12.5. The molecule has 1 saturated heterocycles. The summed E-state index contributed by atoms with van der Waals surface area (Å²) in [6.07, 6.45) is 7.80. The van der Waals surface area contributed by atoms with E-state index in [0.29, 0.717) is 31.1 Å². The van der Waals surface area contributed by atoms with Gasteiger partial charge in [-0.2, -0.15) is 0 Å². The van der Waals surface area contributed by atoms with Crippen molar-refractivity contribution in [1.82, 2.24) is 20.2 Å². The summed E-state index contributed by atoms with van der Waals surface area (Å²) in [5.74, 6) is 1.05. The fourth-order valence-electron chi connectivity index (χ4n) is 3.46. The molecule has 7 nitrogen and oxygen atoms in total. The fraction of sp³-hybridized carbons (Fsp3) is 0.429. The minimum absolute atomic E-state index is 0.0280. The van der Waals surface area contributed by atoms with E-state index in [9.17, 15) is 9.59 Å². The van der Waals surface area contributed by atoms with Crippen LogP contribution in [-0.2, 0) is 11.3 Å². The minimum atomic E-state index is -0.0831. The average molecular weight is 382 g/mol. The molecule has 1 N–H and O–H groups in total. The van der Waals surface area contributed by atoms with Crippen LogP contribution in [0.15, 0.2) is 42.9 Å². The van der Waals surface area contributed by atoms with Crippen molar-refractivity contribution in [3.05, 3.63) is 54.1 Å². The van der Waals surface area contributed by atoms with Crippen LogP contribution in [0.2, 0.25) is 0 Å². The fourth-order valence-corrected chi connectivity index (χ4v) is 3.46. The van der Waals surface area contributed by atoms with Crippen LogP contribution in [0.25, 0.3) is 0 Å².